The van der Waals surface area contributed by atoms with E-state index in [2.05, 4.69) is 55.6 Å². The summed E-state index contributed by atoms with van der Waals surface area (Å²) in [5.74, 6) is -0.0257. The lowest BCUT2D eigenvalue weighted by Crippen LogP contribution is -2.45. The van der Waals surface area contributed by atoms with Gasteiger partial charge in [0.2, 0.25) is 5.91 Å². The molecule has 0 saturated heterocycles. The zero-order chi connectivity index (χ0) is 55.0. The first kappa shape index (κ1) is 74.1. The number of unbranched alkanes of at least 4 members (excludes halogenated alkanes) is 47. The summed E-state index contributed by atoms with van der Waals surface area (Å²) in [6.45, 7) is 4.96. The summed E-state index contributed by atoms with van der Waals surface area (Å²) < 4.78 is 5.49. The lowest BCUT2D eigenvalue weighted by Gasteiger charge is -2.22. The number of carbonyl (C=O) groups excluding carboxylic acids is 2. The van der Waals surface area contributed by atoms with Crippen LogP contribution < -0.4 is 5.32 Å². The van der Waals surface area contributed by atoms with Gasteiger partial charge in [-0.2, -0.15) is 0 Å². The summed E-state index contributed by atoms with van der Waals surface area (Å²) >= 11 is 0. The van der Waals surface area contributed by atoms with Crippen LogP contribution in [0.1, 0.15) is 373 Å². The Morgan fingerprint density at radius 2 is 0.658 bits per heavy atom. The van der Waals surface area contributed by atoms with Crippen molar-refractivity contribution in [3.63, 3.8) is 0 Å². The number of rotatable bonds is 64. The van der Waals surface area contributed by atoms with Gasteiger partial charge in [0.25, 0.3) is 0 Å². The second-order valence-corrected chi connectivity index (χ2v) is 23.5. The molecule has 0 aliphatic heterocycles. The summed E-state index contributed by atoms with van der Waals surface area (Å²) in [6.07, 6.45) is 83.3. The molecule has 0 radical (unpaired) electrons. The molecule has 3 N–H and O–H groups in total. The Balaban J connectivity index is 3.39. The molecule has 76 heavy (non-hydrogen) atoms. The molecule has 0 rings (SSSR count). The summed E-state index contributed by atoms with van der Waals surface area (Å²) in [6, 6.07) is -0.542. The number of ether oxygens (including phenoxy) is 1. The van der Waals surface area contributed by atoms with Crippen molar-refractivity contribution >= 4 is 11.9 Å². The van der Waals surface area contributed by atoms with Gasteiger partial charge in [0.05, 0.1) is 25.4 Å². The molecule has 0 aromatic rings. The molecule has 0 aromatic heterocycles. The van der Waals surface area contributed by atoms with Crippen molar-refractivity contribution in [3.8, 4) is 0 Å². The van der Waals surface area contributed by atoms with E-state index in [1.165, 1.54) is 289 Å². The highest BCUT2D eigenvalue weighted by molar-refractivity contribution is 5.76. The van der Waals surface area contributed by atoms with Gasteiger partial charge >= 0.3 is 5.97 Å². The number of hydrogen-bond acceptors (Lipinski definition) is 5. The summed E-state index contributed by atoms with van der Waals surface area (Å²) in [4.78, 5) is 24.6. The SMILES string of the molecule is CCCCCCCC/C=C\CCCCCCCCCC(=O)OCCCCCCCCCCC/C=C\C/C=C\CCCCCCCCCCCCCCCC(=O)NC(CO)C(O)CCCCCCCCCCCCCCC. The number of aliphatic hydroxyl groups is 2. The van der Waals surface area contributed by atoms with Crippen LogP contribution in [0, 0.1) is 0 Å². The van der Waals surface area contributed by atoms with Crippen LogP contribution in [0.4, 0.5) is 0 Å². The van der Waals surface area contributed by atoms with E-state index < -0.39 is 12.1 Å². The molecule has 1 amide bonds. The zero-order valence-corrected chi connectivity index (χ0v) is 51.3. The van der Waals surface area contributed by atoms with Crippen LogP contribution in [0.3, 0.4) is 0 Å². The van der Waals surface area contributed by atoms with Crippen molar-refractivity contribution in [2.75, 3.05) is 13.2 Å². The van der Waals surface area contributed by atoms with Crippen LogP contribution in [-0.4, -0.2) is 47.4 Å². The van der Waals surface area contributed by atoms with E-state index in [0.29, 0.717) is 25.9 Å². The highest BCUT2D eigenvalue weighted by atomic mass is 16.5. The molecule has 2 unspecified atom stereocenters. The molecule has 0 aliphatic rings. The Morgan fingerprint density at radius 1 is 0.368 bits per heavy atom. The van der Waals surface area contributed by atoms with Gasteiger partial charge in [-0.05, 0) is 83.5 Å². The summed E-state index contributed by atoms with van der Waals surface area (Å²) in [5, 5.41) is 23.3. The van der Waals surface area contributed by atoms with E-state index in [9.17, 15) is 19.8 Å². The number of amides is 1. The van der Waals surface area contributed by atoms with Crippen molar-refractivity contribution in [2.24, 2.45) is 0 Å². The number of aliphatic hydroxyl groups excluding tert-OH is 2. The van der Waals surface area contributed by atoms with Gasteiger partial charge in [-0.3, -0.25) is 9.59 Å². The lowest BCUT2D eigenvalue weighted by atomic mass is 10.0. The van der Waals surface area contributed by atoms with Gasteiger partial charge in [0.15, 0.2) is 0 Å². The highest BCUT2D eigenvalue weighted by Crippen LogP contribution is 2.18. The van der Waals surface area contributed by atoms with Gasteiger partial charge in [-0.15, -0.1) is 0 Å². The van der Waals surface area contributed by atoms with Crippen molar-refractivity contribution < 1.29 is 24.5 Å². The minimum absolute atomic E-state index is 0.00898. The first-order valence-corrected chi connectivity index (χ1v) is 34.2. The average molecular weight is 1070 g/mol. The third-order valence-electron chi connectivity index (χ3n) is 15.9. The van der Waals surface area contributed by atoms with Crippen LogP contribution in [0.5, 0.6) is 0 Å². The molecule has 0 saturated carbocycles. The average Bonchev–Trinajstić information content (AvgIpc) is 3.42. The minimum Gasteiger partial charge on any atom is -0.466 e. The van der Waals surface area contributed by atoms with E-state index >= 15 is 0 Å². The molecule has 0 spiro atoms. The fourth-order valence-electron chi connectivity index (χ4n) is 10.7. The maximum atomic E-state index is 12.5. The zero-order valence-electron chi connectivity index (χ0n) is 51.3. The van der Waals surface area contributed by atoms with Crippen LogP contribution in [0.15, 0.2) is 36.5 Å². The van der Waals surface area contributed by atoms with Gasteiger partial charge in [0, 0.05) is 12.8 Å². The second kappa shape index (κ2) is 65.6. The maximum Gasteiger partial charge on any atom is 0.305 e. The molecule has 6 heteroatoms. The largest absolute Gasteiger partial charge is 0.466 e. The Labute approximate surface area is 474 Å². The Kier molecular flexibility index (Phi) is 63.9. The van der Waals surface area contributed by atoms with Gasteiger partial charge in [-0.1, -0.05) is 314 Å². The van der Waals surface area contributed by atoms with Crippen LogP contribution in [0.25, 0.3) is 0 Å². The monoisotopic (exact) mass is 1070 g/mol. The maximum absolute atomic E-state index is 12.5. The highest BCUT2D eigenvalue weighted by Gasteiger charge is 2.20. The quantitative estimate of drug-likeness (QED) is 0.0320. The van der Waals surface area contributed by atoms with Crippen LogP contribution in [0.2, 0.25) is 0 Å². The molecule has 0 bridgehead atoms. The van der Waals surface area contributed by atoms with Gasteiger partial charge in [-0.25, -0.2) is 0 Å². The fourth-order valence-corrected chi connectivity index (χ4v) is 10.7. The minimum atomic E-state index is -0.664. The number of carbonyl (C=O) groups is 2. The Bertz CT molecular complexity index is 1230. The molecule has 2 atom stereocenters. The normalized spacial score (nSPS) is 12.7. The number of hydrogen-bond donors (Lipinski definition) is 3. The second-order valence-electron chi connectivity index (χ2n) is 23.5. The smallest absolute Gasteiger partial charge is 0.305 e. The molecule has 0 heterocycles. The van der Waals surface area contributed by atoms with E-state index in [1.54, 1.807) is 0 Å². The fraction of sp³-hybridized carbons (Fsp3) is 0.886. The molecule has 6 nitrogen and oxygen atoms in total. The predicted molar refractivity (Wildman–Crippen MR) is 333 cm³/mol. The summed E-state index contributed by atoms with van der Waals surface area (Å²) in [5.41, 5.74) is 0. The molecule has 448 valence electrons. The van der Waals surface area contributed by atoms with Crippen LogP contribution >= 0.6 is 0 Å². The Hall–Kier alpha value is -1.92. The Morgan fingerprint density at radius 3 is 1.01 bits per heavy atom. The van der Waals surface area contributed by atoms with E-state index in [1.807, 2.05) is 0 Å². The third kappa shape index (κ3) is 61.3. The van der Waals surface area contributed by atoms with Crippen molar-refractivity contribution in [2.45, 2.75) is 386 Å². The first-order valence-electron chi connectivity index (χ1n) is 34.2. The predicted octanol–water partition coefficient (Wildman–Crippen LogP) is 21.9. The van der Waals surface area contributed by atoms with E-state index in [0.717, 1.165) is 51.4 Å². The number of nitrogens with one attached hydrogen (secondary N) is 1. The van der Waals surface area contributed by atoms with Gasteiger partial charge in [0.1, 0.15) is 0 Å². The molecule has 0 aromatic carbocycles. The third-order valence-corrected chi connectivity index (χ3v) is 15.9. The van der Waals surface area contributed by atoms with Crippen LogP contribution in [-0.2, 0) is 14.3 Å². The molecule has 0 fully saturated rings. The van der Waals surface area contributed by atoms with Gasteiger partial charge < -0.3 is 20.3 Å². The number of allylic oxidation sites excluding steroid dienone is 6. The van der Waals surface area contributed by atoms with Crippen molar-refractivity contribution in [1.29, 1.82) is 0 Å². The topological polar surface area (TPSA) is 95.9 Å². The standard InChI is InChI=1S/C70H133NO5/c1-3-5-7-9-11-13-15-17-18-32-36-40-44-48-52-56-60-64-70(75)76-65-61-57-53-49-45-41-37-34-31-29-27-25-23-21-19-20-22-24-26-28-30-33-35-39-43-47-51-55-59-63-69(74)71-67(66-72)68(73)62-58-54-50-46-42-38-16-14-12-10-8-6-4-2/h17-19,21,25,27,67-68,72-73H,3-16,20,22-24,26,28-66H2,1-2H3,(H,71,74)/b18-17-,21-19-,27-25-. The molecule has 0 aliphatic carbocycles. The van der Waals surface area contributed by atoms with E-state index in [4.69, 9.17) is 4.74 Å². The first-order chi connectivity index (χ1) is 37.5. The van der Waals surface area contributed by atoms with E-state index in [-0.39, 0.29) is 18.5 Å². The molecular weight excluding hydrogens is 935 g/mol. The van der Waals surface area contributed by atoms with Crippen molar-refractivity contribution in [3.05, 3.63) is 36.5 Å². The lowest BCUT2D eigenvalue weighted by molar-refractivity contribution is -0.143. The van der Waals surface area contributed by atoms with Crippen molar-refractivity contribution in [1.82, 2.24) is 5.32 Å². The summed E-state index contributed by atoms with van der Waals surface area (Å²) in [7, 11) is 0. The molecular formula is C70H133NO5. The number of esters is 1.